The zero-order valence-corrected chi connectivity index (χ0v) is 12.7. The molecule has 2 N–H and O–H groups in total. The Hall–Kier alpha value is -0.380. The minimum Gasteiger partial charge on any atom is -0.327 e. The molecule has 0 spiro atoms. The third-order valence-corrected chi connectivity index (χ3v) is 4.70. The van der Waals surface area contributed by atoms with Crippen molar-refractivity contribution in [3.05, 3.63) is 22.4 Å². The maximum absolute atomic E-state index is 6.27. The summed E-state index contributed by atoms with van der Waals surface area (Å²) in [5.74, 6) is 0. The van der Waals surface area contributed by atoms with Gasteiger partial charge < -0.3 is 5.73 Å². The minimum atomic E-state index is 0.220. The quantitative estimate of drug-likeness (QED) is 0.854. The summed E-state index contributed by atoms with van der Waals surface area (Å²) in [5.41, 5.74) is 6.49. The van der Waals surface area contributed by atoms with E-state index in [4.69, 9.17) is 5.73 Å². The highest BCUT2D eigenvalue weighted by atomic mass is 32.1. The fourth-order valence-electron chi connectivity index (χ4n) is 2.17. The van der Waals surface area contributed by atoms with E-state index in [1.54, 1.807) is 0 Å². The Morgan fingerprint density at radius 3 is 2.67 bits per heavy atom. The van der Waals surface area contributed by atoms with E-state index in [0.29, 0.717) is 6.04 Å². The fourth-order valence-corrected chi connectivity index (χ4v) is 2.90. The third-order valence-electron chi connectivity index (χ3n) is 3.84. The first-order chi connectivity index (χ1) is 8.47. The first-order valence-electron chi connectivity index (χ1n) is 6.99. The van der Waals surface area contributed by atoms with E-state index >= 15 is 0 Å². The molecule has 1 saturated carbocycles. The van der Waals surface area contributed by atoms with Crippen molar-refractivity contribution in [1.82, 2.24) is 4.90 Å². The molecule has 1 fully saturated rings. The monoisotopic (exact) mass is 266 g/mol. The van der Waals surface area contributed by atoms with Crippen molar-refractivity contribution < 1.29 is 0 Å². The van der Waals surface area contributed by atoms with Crippen LogP contribution in [0.4, 0.5) is 0 Å². The summed E-state index contributed by atoms with van der Waals surface area (Å²) in [7, 11) is 0. The van der Waals surface area contributed by atoms with Gasteiger partial charge in [-0.2, -0.15) is 0 Å². The van der Waals surface area contributed by atoms with E-state index in [1.807, 2.05) is 11.3 Å². The number of nitrogens with two attached hydrogens (primary N) is 1. The average molecular weight is 266 g/mol. The van der Waals surface area contributed by atoms with Gasteiger partial charge in [0.25, 0.3) is 0 Å². The topological polar surface area (TPSA) is 29.3 Å². The predicted octanol–water partition coefficient (Wildman–Crippen LogP) is 3.48. The average Bonchev–Trinajstić information content (AvgIpc) is 3.01. The largest absolute Gasteiger partial charge is 0.327 e. The maximum atomic E-state index is 6.27. The van der Waals surface area contributed by atoms with E-state index in [9.17, 15) is 0 Å². The zero-order chi connectivity index (χ0) is 13.2. The summed E-state index contributed by atoms with van der Waals surface area (Å²) >= 11 is 1.86. The van der Waals surface area contributed by atoms with Crippen molar-refractivity contribution in [2.45, 2.75) is 58.7 Å². The standard InChI is InChI=1S/C15H26N2S/c1-15(2,3)14(16)8-9-17(12-6-7-12)11-13-5-4-10-18-13/h4-5,10,12,14H,6-9,11,16H2,1-3H3. The van der Waals surface area contributed by atoms with E-state index in [0.717, 1.165) is 25.6 Å². The van der Waals surface area contributed by atoms with Crippen LogP contribution in [0.2, 0.25) is 0 Å². The van der Waals surface area contributed by atoms with Gasteiger partial charge in [-0.05, 0) is 36.1 Å². The molecule has 102 valence electrons. The van der Waals surface area contributed by atoms with Crippen LogP contribution in [0.25, 0.3) is 0 Å². The Balaban J connectivity index is 1.84. The van der Waals surface area contributed by atoms with Crippen LogP contribution in [-0.4, -0.2) is 23.5 Å². The lowest BCUT2D eigenvalue weighted by atomic mass is 9.85. The normalized spacial score (nSPS) is 18.3. The molecule has 0 radical (unpaired) electrons. The SMILES string of the molecule is CC(C)(C)C(N)CCN(Cc1cccs1)C1CC1. The Morgan fingerprint density at radius 2 is 2.17 bits per heavy atom. The van der Waals surface area contributed by atoms with Crippen LogP contribution >= 0.6 is 11.3 Å². The summed E-state index contributed by atoms with van der Waals surface area (Å²) in [6, 6.07) is 5.50. The van der Waals surface area contributed by atoms with Crippen molar-refractivity contribution in [2.75, 3.05) is 6.54 Å². The molecule has 1 heterocycles. The van der Waals surface area contributed by atoms with Crippen LogP contribution in [0.15, 0.2) is 17.5 Å². The molecule has 2 nitrogen and oxygen atoms in total. The van der Waals surface area contributed by atoms with Crippen LogP contribution in [0.5, 0.6) is 0 Å². The van der Waals surface area contributed by atoms with Gasteiger partial charge in [0.15, 0.2) is 0 Å². The Labute approximate surface area is 115 Å². The van der Waals surface area contributed by atoms with Crippen LogP contribution in [-0.2, 0) is 6.54 Å². The minimum absolute atomic E-state index is 0.220. The number of thiophene rings is 1. The van der Waals surface area contributed by atoms with Gasteiger partial charge in [0.1, 0.15) is 0 Å². The Morgan fingerprint density at radius 1 is 1.44 bits per heavy atom. The Kier molecular flexibility index (Phi) is 4.46. The van der Waals surface area contributed by atoms with Crippen LogP contribution in [0.3, 0.4) is 0 Å². The highest BCUT2D eigenvalue weighted by Gasteiger charge is 2.30. The lowest BCUT2D eigenvalue weighted by Crippen LogP contribution is -2.39. The van der Waals surface area contributed by atoms with Gasteiger partial charge in [-0.15, -0.1) is 11.3 Å². The molecule has 0 bridgehead atoms. The van der Waals surface area contributed by atoms with Gasteiger partial charge in [-0.3, -0.25) is 4.90 Å². The van der Waals surface area contributed by atoms with E-state index in [-0.39, 0.29) is 5.41 Å². The highest BCUT2D eigenvalue weighted by molar-refractivity contribution is 7.09. The molecule has 1 aliphatic carbocycles. The molecule has 1 aromatic heterocycles. The lowest BCUT2D eigenvalue weighted by molar-refractivity contribution is 0.216. The zero-order valence-electron chi connectivity index (χ0n) is 11.9. The first-order valence-corrected chi connectivity index (χ1v) is 7.87. The van der Waals surface area contributed by atoms with Crippen LogP contribution in [0.1, 0.15) is 44.9 Å². The second kappa shape index (κ2) is 5.72. The molecule has 1 aliphatic rings. The van der Waals surface area contributed by atoms with Crippen molar-refractivity contribution in [1.29, 1.82) is 0 Å². The van der Waals surface area contributed by atoms with Gasteiger partial charge in [0.05, 0.1) is 0 Å². The van der Waals surface area contributed by atoms with Crippen LogP contribution < -0.4 is 5.73 Å². The van der Waals surface area contributed by atoms with Crippen molar-refractivity contribution in [2.24, 2.45) is 11.1 Å². The molecule has 2 rings (SSSR count). The molecular weight excluding hydrogens is 240 g/mol. The molecule has 3 heteroatoms. The van der Waals surface area contributed by atoms with E-state index < -0.39 is 0 Å². The second-order valence-corrected chi connectivity index (χ2v) is 7.57. The lowest BCUT2D eigenvalue weighted by Gasteiger charge is -2.30. The molecule has 1 aromatic rings. The first kappa shape index (κ1) is 14.0. The number of nitrogens with zero attached hydrogens (tertiary/aromatic N) is 1. The highest BCUT2D eigenvalue weighted by Crippen LogP contribution is 2.30. The fraction of sp³-hybridized carbons (Fsp3) is 0.733. The molecule has 1 atom stereocenters. The van der Waals surface area contributed by atoms with Crippen molar-refractivity contribution in [3.8, 4) is 0 Å². The van der Waals surface area contributed by atoms with Gasteiger partial charge >= 0.3 is 0 Å². The third kappa shape index (κ3) is 4.08. The van der Waals surface area contributed by atoms with Crippen LogP contribution in [0, 0.1) is 5.41 Å². The summed E-state index contributed by atoms with van der Waals surface area (Å²) in [4.78, 5) is 4.10. The summed E-state index contributed by atoms with van der Waals surface area (Å²) < 4.78 is 0. The molecular formula is C15H26N2S. The number of hydrogen-bond acceptors (Lipinski definition) is 3. The van der Waals surface area contributed by atoms with Crippen molar-refractivity contribution >= 4 is 11.3 Å². The molecule has 0 amide bonds. The molecule has 0 aliphatic heterocycles. The second-order valence-electron chi connectivity index (χ2n) is 6.54. The Bertz CT molecular complexity index is 349. The maximum Gasteiger partial charge on any atom is 0.0330 e. The smallest absolute Gasteiger partial charge is 0.0330 e. The summed E-state index contributed by atoms with van der Waals surface area (Å²) in [6.07, 6.45) is 3.84. The number of rotatable bonds is 6. The summed E-state index contributed by atoms with van der Waals surface area (Å²) in [5, 5.41) is 2.17. The van der Waals surface area contributed by atoms with Gasteiger partial charge in [-0.1, -0.05) is 26.8 Å². The predicted molar refractivity (Wildman–Crippen MR) is 79.8 cm³/mol. The van der Waals surface area contributed by atoms with Crippen molar-refractivity contribution in [3.63, 3.8) is 0 Å². The van der Waals surface area contributed by atoms with E-state index in [2.05, 4.69) is 43.2 Å². The van der Waals surface area contributed by atoms with Gasteiger partial charge in [-0.25, -0.2) is 0 Å². The van der Waals surface area contributed by atoms with Gasteiger partial charge in [0, 0.05) is 30.1 Å². The molecule has 0 aromatic carbocycles. The molecule has 1 unspecified atom stereocenters. The van der Waals surface area contributed by atoms with Gasteiger partial charge in [0.2, 0.25) is 0 Å². The van der Waals surface area contributed by atoms with E-state index in [1.165, 1.54) is 17.7 Å². The molecule has 0 saturated heterocycles. The molecule has 18 heavy (non-hydrogen) atoms. The summed E-state index contributed by atoms with van der Waals surface area (Å²) in [6.45, 7) is 8.95. The number of hydrogen-bond donors (Lipinski definition) is 1.